The molecule has 2 heterocycles. The summed E-state index contributed by atoms with van der Waals surface area (Å²) in [5.74, 6) is 0.948. The van der Waals surface area contributed by atoms with Crippen LogP contribution >= 0.6 is 0 Å². The summed E-state index contributed by atoms with van der Waals surface area (Å²) in [4.78, 5) is 0. The average Bonchev–Trinajstić information content (AvgIpc) is 2.35. The lowest BCUT2D eigenvalue weighted by Gasteiger charge is -2.42. The summed E-state index contributed by atoms with van der Waals surface area (Å²) in [5.41, 5.74) is 5.82. The van der Waals surface area contributed by atoms with Crippen molar-refractivity contribution in [1.82, 2.24) is 0 Å². The lowest BCUT2D eigenvalue weighted by molar-refractivity contribution is -0.0800. The van der Waals surface area contributed by atoms with E-state index >= 15 is 0 Å². The third-order valence-electron chi connectivity index (χ3n) is 2.60. The first-order valence-electron chi connectivity index (χ1n) is 4.13. The van der Waals surface area contributed by atoms with Crippen molar-refractivity contribution < 1.29 is 9.15 Å². The number of hydrogen-bond donors (Lipinski definition) is 1. The molecule has 0 aromatic carbocycles. The smallest absolute Gasteiger partial charge is 0.116 e. The molecular weight excluding hydrogens is 154 g/mol. The van der Waals surface area contributed by atoms with Gasteiger partial charge in [-0.15, -0.1) is 0 Å². The van der Waals surface area contributed by atoms with E-state index in [0.717, 1.165) is 5.76 Å². The van der Waals surface area contributed by atoms with E-state index in [1.165, 1.54) is 0 Å². The van der Waals surface area contributed by atoms with E-state index in [1.54, 1.807) is 6.26 Å². The van der Waals surface area contributed by atoms with Gasteiger partial charge < -0.3 is 14.9 Å². The van der Waals surface area contributed by atoms with E-state index in [0.29, 0.717) is 13.2 Å². The third-order valence-corrected chi connectivity index (χ3v) is 2.60. The van der Waals surface area contributed by atoms with Crippen LogP contribution in [0.5, 0.6) is 0 Å². The first kappa shape index (κ1) is 7.83. The number of furan rings is 1. The quantitative estimate of drug-likeness (QED) is 0.711. The van der Waals surface area contributed by atoms with Crippen molar-refractivity contribution in [1.29, 1.82) is 0 Å². The Kier molecular flexibility index (Phi) is 1.70. The van der Waals surface area contributed by atoms with Gasteiger partial charge >= 0.3 is 0 Å². The van der Waals surface area contributed by atoms with Crippen LogP contribution in [0.4, 0.5) is 0 Å². The molecule has 3 heteroatoms. The molecule has 0 spiro atoms. The molecule has 1 aromatic rings. The van der Waals surface area contributed by atoms with Crippen LogP contribution in [0.2, 0.25) is 0 Å². The molecule has 1 aliphatic rings. The molecule has 1 aliphatic heterocycles. The van der Waals surface area contributed by atoms with Crippen LogP contribution in [-0.4, -0.2) is 19.3 Å². The van der Waals surface area contributed by atoms with Crippen LogP contribution in [0, 0.1) is 0 Å². The Bertz CT molecular complexity index is 250. The first-order chi connectivity index (χ1) is 5.76. The Hall–Kier alpha value is -0.800. The SMILES string of the molecule is CC(N)C1(c2ccco2)COC1. The predicted molar refractivity (Wildman–Crippen MR) is 44.9 cm³/mol. The monoisotopic (exact) mass is 167 g/mol. The Labute approximate surface area is 71.5 Å². The number of rotatable bonds is 2. The summed E-state index contributed by atoms with van der Waals surface area (Å²) < 4.78 is 10.5. The molecule has 1 saturated heterocycles. The van der Waals surface area contributed by atoms with Crippen molar-refractivity contribution in [2.75, 3.05) is 13.2 Å². The van der Waals surface area contributed by atoms with Crippen molar-refractivity contribution in [3.8, 4) is 0 Å². The average molecular weight is 167 g/mol. The van der Waals surface area contributed by atoms with Crippen LogP contribution in [0.1, 0.15) is 12.7 Å². The number of ether oxygens (including phenoxy) is 1. The third kappa shape index (κ3) is 0.901. The highest BCUT2D eigenvalue weighted by molar-refractivity contribution is 5.20. The second kappa shape index (κ2) is 2.61. The molecule has 0 amide bonds. The molecule has 0 radical (unpaired) electrons. The van der Waals surface area contributed by atoms with E-state index < -0.39 is 0 Å². The maximum Gasteiger partial charge on any atom is 0.116 e. The second-order valence-electron chi connectivity index (χ2n) is 3.41. The molecule has 1 atom stereocenters. The molecule has 66 valence electrons. The minimum atomic E-state index is -0.0660. The highest BCUT2D eigenvalue weighted by Gasteiger charge is 2.46. The number of hydrogen-bond acceptors (Lipinski definition) is 3. The van der Waals surface area contributed by atoms with Gasteiger partial charge in [-0.25, -0.2) is 0 Å². The Balaban J connectivity index is 2.29. The summed E-state index contributed by atoms with van der Waals surface area (Å²) in [6, 6.07) is 3.93. The summed E-state index contributed by atoms with van der Waals surface area (Å²) in [6.07, 6.45) is 1.68. The fourth-order valence-corrected chi connectivity index (χ4v) is 1.51. The first-order valence-corrected chi connectivity index (χ1v) is 4.13. The van der Waals surface area contributed by atoms with Crippen molar-refractivity contribution in [2.45, 2.75) is 18.4 Å². The molecule has 0 saturated carbocycles. The van der Waals surface area contributed by atoms with Crippen molar-refractivity contribution in [2.24, 2.45) is 5.73 Å². The fraction of sp³-hybridized carbons (Fsp3) is 0.556. The Morgan fingerprint density at radius 3 is 2.67 bits per heavy atom. The van der Waals surface area contributed by atoms with E-state index in [1.807, 2.05) is 19.1 Å². The van der Waals surface area contributed by atoms with E-state index in [2.05, 4.69) is 0 Å². The topological polar surface area (TPSA) is 48.4 Å². The second-order valence-corrected chi connectivity index (χ2v) is 3.41. The van der Waals surface area contributed by atoms with Crippen LogP contribution in [0.15, 0.2) is 22.8 Å². The van der Waals surface area contributed by atoms with Crippen molar-refractivity contribution in [3.05, 3.63) is 24.2 Å². The molecule has 12 heavy (non-hydrogen) atoms. The minimum absolute atomic E-state index is 0.0660. The van der Waals surface area contributed by atoms with Crippen molar-refractivity contribution >= 4 is 0 Å². The highest BCUT2D eigenvalue weighted by Crippen LogP contribution is 2.34. The Morgan fingerprint density at radius 1 is 1.58 bits per heavy atom. The standard InChI is InChI=1S/C9H13NO2/c1-7(10)9(5-11-6-9)8-3-2-4-12-8/h2-4,7H,5-6,10H2,1H3. The van der Waals surface area contributed by atoms with Crippen LogP contribution in [0.3, 0.4) is 0 Å². The highest BCUT2D eigenvalue weighted by atomic mass is 16.5. The molecule has 2 N–H and O–H groups in total. The zero-order valence-corrected chi connectivity index (χ0v) is 7.12. The summed E-state index contributed by atoms with van der Waals surface area (Å²) in [6.45, 7) is 3.35. The maximum atomic E-state index is 5.88. The van der Waals surface area contributed by atoms with Gasteiger partial charge in [0.15, 0.2) is 0 Å². The van der Waals surface area contributed by atoms with Gasteiger partial charge in [0, 0.05) is 6.04 Å². The lowest BCUT2D eigenvalue weighted by atomic mass is 9.77. The molecule has 1 fully saturated rings. The molecule has 0 bridgehead atoms. The van der Waals surface area contributed by atoms with Crippen LogP contribution in [0.25, 0.3) is 0 Å². The molecule has 1 unspecified atom stereocenters. The fourth-order valence-electron chi connectivity index (χ4n) is 1.51. The molecule has 1 aromatic heterocycles. The largest absolute Gasteiger partial charge is 0.469 e. The van der Waals surface area contributed by atoms with Gasteiger partial charge in [0.2, 0.25) is 0 Å². The zero-order valence-electron chi connectivity index (χ0n) is 7.12. The van der Waals surface area contributed by atoms with Gasteiger partial charge in [0.1, 0.15) is 5.76 Å². The van der Waals surface area contributed by atoms with Gasteiger partial charge in [-0.05, 0) is 19.1 Å². The summed E-state index contributed by atoms with van der Waals surface area (Å²) in [7, 11) is 0. The summed E-state index contributed by atoms with van der Waals surface area (Å²) in [5, 5.41) is 0. The van der Waals surface area contributed by atoms with Gasteiger partial charge in [0.25, 0.3) is 0 Å². The van der Waals surface area contributed by atoms with Gasteiger partial charge in [-0.1, -0.05) is 0 Å². The molecular formula is C9H13NO2. The summed E-state index contributed by atoms with van der Waals surface area (Å²) >= 11 is 0. The van der Waals surface area contributed by atoms with Gasteiger partial charge in [0.05, 0.1) is 24.9 Å². The van der Waals surface area contributed by atoms with Gasteiger partial charge in [-0.3, -0.25) is 0 Å². The lowest BCUT2D eigenvalue weighted by Crippen LogP contribution is -2.57. The molecule has 0 aliphatic carbocycles. The predicted octanol–water partition coefficient (Wildman–Crippen LogP) is 0.895. The van der Waals surface area contributed by atoms with Crippen LogP contribution in [-0.2, 0) is 10.2 Å². The molecule has 2 rings (SSSR count). The normalized spacial score (nSPS) is 23.2. The minimum Gasteiger partial charge on any atom is -0.469 e. The Morgan fingerprint density at radius 2 is 2.33 bits per heavy atom. The van der Waals surface area contributed by atoms with Gasteiger partial charge in [-0.2, -0.15) is 0 Å². The van der Waals surface area contributed by atoms with E-state index in [4.69, 9.17) is 14.9 Å². The van der Waals surface area contributed by atoms with E-state index in [-0.39, 0.29) is 11.5 Å². The maximum absolute atomic E-state index is 5.88. The molecule has 3 nitrogen and oxygen atoms in total. The van der Waals surface area contributed by atoms with Crippen molar-refractivity contribution in [3.63, 3.8) is 0 Å². The zero-order chi connectivity index (χ0) is 8.60. The van der Waals surface area contributed by atoms with E-state index in [9.17, 15) is 0 Å². The van der Waals surface area contributed by atoms with Crippen LogP contribution < -0.4 is 5.73 Å². The number of nitrogens with two attached hydrogens (primary N) is 1.